The zero-order valence-corrected chi connectivity index (χ0v) is 12.1. The molecule has 2 atom stereocenters. The molecule has 117 valence electrons. The van der Waals surface area contributed by atoms with Gasteiger partial charge in [-0.05, 0) is 13.8 Å². The number of carbonyl (C=O) groups is 2. The molecule has 0 saturated heterocycles. The van der Waals surface area contributed by atoms with Gasteiger partial charge in [-0.25, -0.2) is 9.59 Å². The molecule has 0 heterocycles. The fourth-order valence-electron chi connectivity index (χ4n) is 0.674. The van der Waals surface area contributed by atoms with E-state index in [0.717, 1.165) is 0 Å². The minimum Gasteiger partial charge on any atom is -0.822 e. The summed E-state index contributed by atoms with van der Waals surface area (Å²) in [7, 11) is 2.72. The van der Waals surface area contributed by atoms with E-state index in [1.54, 1.807) is 0 Å². The molecule has 0 aliphatic heterocycles. The molecule has 0 aliphatic rings. The summed E-state index contributed by atoms with van der Waals surface area (Å²) in [5.41, 5.74) is 0. The summed E-state index contributed by atoms with van der Waals surface area (Å²) in [6, 6.07) is 0. The van der Waals surface area contributed by atoms with Crippen molar-refractivity contribution in [2.75, 3.05) is 27.4 Å². The summed E-state index contributed by atoms with van der Waals surface area (Å²) >= 11 is 0. The molecule has 0 spiro atoms. The number of hydrogen-bond acceptors (Lipinski definition) is 8. The van der Waals surface area contributed by atoms with E-state index in [2.05, 4.69) is 18.9 Å². The van der Waals surface area contributed by atoms with Crippen molar-refractivity contribution in [3.05, 3.63) is 0 Å². The summed E-state index contributed by atoms with van der Waals surface area (Å²) in [5, 5.41) is 20.2. The van der Waals surface area contributed by atoms with Crippen molar-refractivity contribution >= 4 is 11.9 Å². The van der Waals surface area contributed by atoms with Crippen molar-refractivity contribution in [1.29, 1.82) is 0 Å². The molecule has 2 unspecified atom stereocenters. The van der Waals surface area contributed by atoms with Crippen molar-refractivity contribution in [2.45, 2.75) is 26.4 Å². The molecule has 1 radical (unpaired) electrons. The first-order chi connectivity index (χ1) is 8.33. The normalized spacial score (nSPS) is 12.1. The van der Waals surface area contributed by atoms with Crippen LogP contribution in [0.3, 0.4) is 0 Å². The molecular weight excluding hydrogens is 312 g/mol. The fraction of sp³-hybridized carbons (Fsp3) is 0.800. The largest absolute Gasteiger partial charge is 2.00 e. The van der Waals surface area contributed by atoms with E-state index in [4.69, 9.17) is 0 Å². The van der Waals surface area contributed by atoms with Gasteiger partial charge in [0.15, 0.2) is 0 Å². The molecule has 0 saturated carbocycles. The Morgan fingerprint density at radius 3 is 1.32 bits per heavy atom. The Labute approximate surface area is 122 Å². The Morgan fingerprint density at radius 1 is 0.895 bits per heavy atom. The van der Waals surface area contributed by atoms with Crippen LogP contribution in [0.5, 0.6) is 0 Å². The van der Waals surface area contributed by atoms with Gasteiger partial charge in [-0.1, -0.05) is 0 Å². The molecule has 8 nitrogen and oxygen atoms in total. The van der Waals surface area contributed by atoms with Gasteiger partial charge in [0.05, 0.1) is 0 Å². The van der Waals surface area contributed by atoms with Gasteiger partial charge in [-0.15, -0.1) is 0 Å². The summed E-state index contributed by atoms with van der Waals surface area (Å²) in [6.45, 7) is 2.17. The Bertz CT molecular complexity index is 208. The molecule has 9 heteroatoms. The maximum absolute atomic E-state index is 10.3. The van der Waals surface area contributed by atoms with Crippen molar-refractivity contribution in [1.82, 2.24) is 0 Å². The average Bonchev–Trinajstić information content (AvgIpc) is 2.16. The van der Waals surface area contributed by atoms with Crippen LogP contribution in [0, 0.1) is 0 Å². The monoisotopic (exact) mass is 329 g/mol. The molecule has 0 aromatic heterocycles. The molecule has 0 amide bonds. The summed E-state index contributed by atoms with van der Waals surface area (Å²) in [5.74, 6) is -1.25. The Balaban J connectivity index is -0.000000256. The minimum absolute atomic E-state index is 0. The molecule has 0 fully saturated rings. The third kappa shape index (κ3) is 22.9. The van der Waals surface area contributed by atoms with E-state index in [1.807, 2.05) is 0 Å². The number of methoxy groups -OCH3 is 2. The minimum atomic E-state index is -1.30. The standard InChI is InChI=1S/2C5H9O4.Cu/c2*1-4(6)9-5(7)3-8-2;/h2*4H,3H2,1-2H3;/q2*-1;+2. The van der Waals surface area contributed by atoms with Gasteiger partial charge in [0.25, 0.3) is 0 Å². The first-order valence-corrected chi connectivity index (χ1v) is 5.01. The van der Waals surface area contributed by atoms with Gasteiger partial charge >= 0.3 is 29.0 Å². The van der Waals surface area contributed by atoms with Crippen LogP contribution in [0.1, 0.15) is 13.8 Å². The van der Waals surface area contributed by atoms with Crippen molar-refractivity contribution in [3.8, 4) is 0 Å². The Morgan fingerprint density at radius 2 is 1.16 bits per heavy atom. The maximum Gasteiger partial charge on any atom is 2.00 e. The quantitative estimate of drug-likeness (QED) is 0.305. The zero-order valence-electron chi connectivity index (χ0n) is 11.1. The second kappa shape index (κ2) is 15.4. The Kier molecular flexibility index (Phi) is 18.9. The predicted molar refractivity (Wildman–Crippen MR) is 54.9 cm³/mol. The van der Waals surface area contributed by atoms with Crippen LogP contribution >= 0.6 is 0 Å². The average molecular weight is 330 g/mol. The third-order valence-electron chi connectivity index (χ3n) is 1.12. The summed E-state index contributed by atoms with van der Waals surface area (Å²) in [6.07, 6.45) is -2.60. The van der Waals surface area contributed by atoms with E-state index in [1.165, 1.54) is 28.1 Å². The van der Waals surface area contributed by atoms with Gasteiger partial charge in [-0.2, -0.15) is 0 Å². The second-order valence-electron chi connectivity index (χ2n) is 2.98. The van der Waals surface area contributed by atoms with Crippen molar-refractivity contribution in [3.63, 3.8) is 0 Å². The van der Waals surface area contributed by atoms with Crippen molar-refractivity contribution in [2.24, 2.45) is 0 Å². The molecule has 0 aromatic carbocycles. The smallest absolute Gasteiger partial charge is 0.822 e. The number of esters is 2. The number of hydrogen-bond donors (Lipinski definition) is 0. The molecule has 0 aliphatic carbocycles. The number of carbonyl (C=O) groups excluding carboxylic acids is 2. The second-order valence-corrected chi connectivity index (χ2v) is 2.98. The number of ether oxygens (including phenoxy) is 4. The van der Waals surface area contributed by atoms with Crippen LogP contribution in [0.2, 0.25) is 0 Å². The number of rotatable bonds is 6. The van der Waals surface area contributed by atoms with E-state index in [-0.39, 0.29) is 30.3 Å². The van der Waals surface area contributed by atoms with Crippen LogP contribution in [-0.2, 0) is 45.6 Å². The van der Waals surface area contributed by atoms with Gasteiger partial charge < -0.3 is 29.2 Å². The zero-order chi connectivity index (χ0) is 14.6. The molecule has 0 rings (SSSR count). The van der Waals surface area contributed by atoms with E-state index >= 15 is 0 Å². The van der Waals surface area contributed by atoms with Crippen LogP contribution < -0.4 is 10.2 Å². The maximum atomic E-state index is 10.3. The topological polar surface area (TPSA) is 117 Å². The molecule has 0 aromatic rings. The van der Waals surface area contributed by atoms with Gasteiger partial charge in [0.1, 0.15) is 13.2 Å². The van der Waals surface area contributed by atoms with E-state index < -0.39 is 24.5 Å². The molecule has 19 heavy (non-hydrogen) atoms. The summed E-state index contributed by atoms with van der Waals surface area (Å²) < 4.78 is 17.1. The SMILES string of the molecule is COCC(=O)OC(C)[O-].COCC(=O)OC(C)[O-].[Cu+2]. The molecular formula is C10H18CuO8. The van der Waals surface area contributed by atoms with E-state index in [0.29, 0.717) is 0 Å². The van der Waals surface area contributed by atoms with Crippen molar-refractivity contribution < 1.29 is 55.8 Å². The third-order valence-corrected chi connectivity index (χ3v) is 1.12. The first-order valence-electron chi connectivity index (χ1n) is 5.01. The fourth-order valence-corrected chi connectivity index (χ4v) is 0.674. The molecule has 0 bridgehead atoms. The van der Waals surface area contributed by atoms with Gasteiger partial charge in [-0.3, -0.25) is 0 Å². The van der Waals surface area contributed by atoms with Crippen LogP contribution in [0.4, 0.5) is 0 Å². The van der Waals surface area contributed by atoms with Crippen LogP contribution in [0.25, 0.3) is 0 Å². The van der Waals surface area contributed by atoms with Gasteiger partial charge in [0.2, 0.25) is 0 Å². The van der Waals surface area contributed by atoms with Crippen LogP contribution in [0.15, 0.2) is 0 Å². The Hall–Kier alpha value is -0.701. The predicted octanol–water partition coefficient (Wildman–Crippen LogP) is -2.24. The van der Waals surface area contributed by atoms with Gasteiger partial charge in [0, 0.05) is 26.8 Å². The van der Waals surface area contributed by atoms with Crippen LogP contribution in [-0.4, -0.2) is 52.0 Å². The van der Waals surface area contributed by atoms with E-state index in [9.17, 15) is 19.8 Å². The molecule has 0 N–H and O–H groups in total. The first kappa shape index (κ1) is 23.4. The summed E-state index contributed by atoms with van der Waals surface area (Å²) in [4.78, 5) is 20.6.